The van der Waals surface area contributed by atoms with E-state index in [0.29, 0.717) is 22.4 Å². The van der Waals surface area contributed by atoms with Gasteiger partial charge in [0.15, 0.2) is 0 Å². The summed E-state index contributed by atoms with van der Waals surface area (Å²) in [6.07, 6.45) is 1.43. The number of nitrogens with zero attached hydrogens (tertiary/aromatic N) is 1. The van der Waals surface area contributed by atoms with E-state index in [2.05, 4.69) is 26.5 Å². The highest BCUT2D eigenvalue weighted by molar-refractivity contribution is 9.10. The Hall–Kier alpha value is -3.25. The van der Waals surface area contributed by atoms with Crippen LogP contribution in [0.3, 0.4) is 0 Å². The molecule has 1 N–H and O–H groups in total. The fraction of sp³-hybridized carbons (Fsp3) is 0.0455. The minimum absolute atomic E-state index is 0.329. The largest absolute Gasteiger partial charge is 0.422 e. The molecule has 28 heavy (non-hydrogen) atoms. The number of hydrazone groups is 1. The van der Waals surface area contributed by atoms with Crippen molar-refractivity contribution in [2.75, 3.05) is 0 Å². The summed E-state index contributed by atoms with van der Waals surface area (Å²) in [5.74, 6) is -0.452. The van der Waals surface area contributed by atoms with E-state index < -0.39 is 5.97 Å². The normalized spacial score (nSPS) is 10.6. The first-order chi connectivity index (χ1) is 13.5. The topological polar surface area (TPSA) is 67.8 Å². The minimum Gasteiger partial charge on any atom is -0.422 e. The number of hydrogen-bond acceptors (Lipinski definition) is 4. The molecular formula is C22H17BrN2O3. The third kappa shape index (κ3) is 5.14. The maximum Gasteiger partial charge on any atom is 0.343 e. The second kappa shape index (κ2) is 9.10. The number of amides is 1. The molecule has 0 aliphatic heterocycles. The van der Waals surface area contributed by atoms with E-state index in [0.717, 1.165) is 10.0 Å². The summed E-state index contributed by atoms with van der Waals surface area (Å²) in [6, 6.07) is 21.1. The lowest BCUT2D eigenvalue weighted by atomic mass is 10.1. The third-order valence-electron chi connectivity index (χ3n) is 3.83. The average molecular weight is 437 g/mol. The standard InChI is InChI=1S/C22H17BrN2O3/c1-15-6-5-9-17(12-15)22(27)28-20-11-10-19(23)13-18(20)14-24-25-21(26)16-7-3-2-4-8-16/h2-14H,1H3,(H,25,26). The SMILES string of the molecule is Cc1cccc(C(=O)Oc2ccc(Br)cc2C=NNC(=O)c2ccccc2)c1. The van der Waals surface area contributed by atoms with Crippen LogP contribution in [0.2, 0.25) is 0 Å². The van der Waals surface area contributed by atoms with Crippen LogP contribution in [-0.2, 0) is 0 Å². The molecule has 0 spiro atoms. The number of ether oxygens (including phenoxy) is 1. The first kappa shape index (κ1) is 19.5. The first-order valence-electron chi connectivity index (χ1n) is 8.50. The molecule has 0 saturated heterocycles. The van der Waals surface area contributed by atoms with Gasteiger partial charge in [-0.05, 0) is 49.4 Å². The Morgan fingerprint density at radius 2 is 1.71 bits per heavy atom. The van der Waals surface area contributed by atoms with Gasteiger partial charge in [-0.2, -0.15) is 5.10 Å². The minimum atomic E-state index is -0.464. The predicted molar refractivity (Wildman–Crippen MR) is 112 cm³/mol. The quantitative estimate of drug-likeness (QED) is 0.271. The summed E-state index contributed by atoms with van der Waals surface area (Å²) in [7, 11) is 0. The van der Waals surface area contributed by atoms with Gasteiger partial charge in [-0.25, -0.2) is 10.2 Å². The summed E-state index contributed by atoms with van der Waals surface area (Å²) in [6.45, 7) is 1.91. The van der Waals surface area contributed by atoms with Crippen LogP contribution in [0.25, 0.3) is 0 Å². The predicted octanol–water partition coefficient (Wildman–Crippen LogP) is 4.74. The highest BCUT2D eigenvalue weighted by atomic mass is 79.9. The second-order valence-corrected chi connectivity index (χ2v) is 6.92. The third-order valence-corrected chi connectivity index (χ3v) is 4.33. The van der Waals surface area contributed by atoms with E-state index in [1.54, 1.807) is 60.7 Å². The maximum absolute atomic E-state index is 12.4. The first-order valence-corrected chi connectivity index (χ1v) is 9.29. The lowest BCUT2D eigenvalue weighted by Gasteiger charge is -2.08. The van der Waals surface area contributed by atoms with Gasteiger partial charge in [-0.1, -0.05) is 51.8 Å². The second-order valence-electron chi connectivity index (χ2n) is 6.01. The molecule has 3 aromatic carbocycles. The van der Waals surface area contributed by atoms with E-state index in [1.165, 1.54) is 6.21 Å². The molecule has 6 heteroatoms. The van der Waals surface area contributed by atoms with Crippen molar-refractivity contribution in [2.24, 2.45) is 5.10 Å². The molecule has 0 atom stereocenters. The number of carbonyl (C=O) groups is 2. The van der Waals surface area contributed by atoms with E-state index in [1.807, 2.05) is 19.1 Å². The van der Waals surface area contributed by atoms with Crippen LogP contribution in [0, 0.1) is 6.92 Å². The molecule has 3 aromatic rings. The molecule has 0 unspecified atom stereocenters. The molecule has 3 rings (SSSR count). The van der Waals surface area contributed by atoms with E-state index in [9.17, 15) is 9.59 Å². The maximum atomic E-state index is 12.4. The molecule has 0 radical (unpaired) electrons. The van der Waals surface area contributed by atoms with Crippen LogP contribution < -0.4 is 10.2 Å². The molecular weight excluding hydrogens is 420 g/mol. The number of aryl methyl sites for hydroxylation is 1. The van der Waals surface area contributed by atoms with Crippen LogP contribution in [0.15, 0.2) is 82.4 Å². The van der Waals surface area contributed by atoms with E-state index in [-0.39, 0.29) is 5.91 Å². The number of halogens is 1. The van der Waals surface area contributed by atoms with Gasteiger partial charge in [-0.15, -0.1) is 0 Å². The fourth-order valence-corrected chi connectivity index (χ4v) is 2.84. The van der Waals surface area contributed by atoms with Gasteiger partial charge in [0.2, 0.25) is 0 Å². The van der Waals surface area contributed by atoms with Gasteiger partial charge in [0.1, 0.15) is 5.75 Å². The Kier molecular flexibility index (Phi) is 6.34. The van der Waals surface area contributed by atoms with Gasteiger partial charge in [-0.3, -0.25) is 4.79 Å². The van der Waals surface area contributed by atoms with Crippen molar-refractivity contribution in [3.8, 4) is 5.75 Å². The molecule has 0 aliphatic carbocycles. The van der Waals surface area contributed by atoms with Crippen molar-refractivity contribution in [3.05, 3.63) is 99.5 Å². The Labute approximate surface area is 171 Å². The van der Waals surface area contributed by atoms with E-state index >= 15 is 0 Å². The Morgan fingerprint density at radius 3 is 2.46 bits per heavy atom. The van der Waals surface area contributed by atoms with E-state index in [4.69, 9.17) is 4.74 Å². The number of rotatable bonds is 5. The molecule has 0 heterocycles. The summed E-state index contributed by atoms with van der Waals surface area (Å²) in [4.78, 5) is 24.5. The van der Waals surface area contributed by atoms with Gasteiger partial charge < -0.3 is 4.74 Å². The highest BCUT2D eigenvalue weighted by Gasteiger charge is 2.12. The Bertz CT molecular complexity index is 1030. The summed E-state index contributed by atoms with van der Waals surface area (Å²) >= 11 is 3.39. The van der Waals surface area contributed by atoms with Crippen molar-refractivity contribution in [1.82, 2.24) is 5.43 Å². The zero-order valence-corrected chi connectivity index (χ0v) is 16.6. The van der Waals surface area contributed by atoms with Gasteiger partial charge in [0, 0.05) is 15.6 Å². The van der Waals surface area contributed by atoms with Gasteiger partial charge in [0.05, 0.1) is 11.8 Å². The number of carbonyl (C=O) groups excluding carboxylic acids is 2. The van der Waals surface area contributed by atoms with Crippen molar-refractivity contribution in [3.63, 3.8) is 0 Å². The molecule has 0 aromatic heterocycles. The lowest BCUT2D eigenvalue weighted by Crippen LogP contribution is -2.17. The smallest absolute Gasteiger partial charge is 0.343 e. The van der Waals surface area contributed by atoms with Crippen LogP contribution in [0.4, 0.5) is 0 Å². The summed E-state index contributed by atoms with van der Waals surface area (Å²) < 4.78 is 6.31. The zero-order chi connectivity index (χ0) is 19.9. The summed E-state index contributed by atoms with van der Waals surface area (Å²) in [5, 5.41) is 3.98. The monoisotopic (exact) mass is 436 g/mol. The number of benzene rings is 3. The van der Waals surface area contributed by atoms with Crippen LogP contribution >= 0.6 is 15.9 Å². The molecule has 0 saturated carbocycles. The highest BCUT2D eigenvalue weighted by Crippen LogP contribution is 2.23. The van der Waals surface area contributed by atoms with Crippen LogP contribution in [-0.4, -0.2) is 18.1 Å². The Balaban J connectivity index is 1.75. The van der Waals surface area contributed by atoms with Crippen molar-refractivity contribution < 1.29 is 14.3 Å². The molecule has 0 bridgehead atoms. The number of hydrogen-bond donors (Lipinski definition) is 1. The van der Waals surface area contributed by atoms with Crippen LogP contribution in [0.5, 0.6) is 5.75 Å². The van der Waals surface area contributed by atoms with Crippen molar-refractivity contribution in [1.29, 1.82) is 0 Å². The summed E-state index contributed by atoms with van der Waals surface area (Å²) in [5.41, 5.74) is 4.94. The molecule has 0 aliphatic rings. The number of nitrogens with one attached hydrogen (secondary N) is 1. The number of esters is 1. The van der Waals surface area contributed by atoms with Crippen LogP contribution in [0.1, 0.15) is 31.8 Å². The molecule has 1 amide bonds. The zero-order valence-electron chi connectivity index (χ0n) is 15.1. The van der Waals surface area contributed by atoms with Gasteiger partial charge >= 0.3 is 5.97 Å². The van der Waals surface area contributed by atoms with Gasteiger partial charge in [0.25, 0.3) is 5.91 Å². The Morgan fingerprint density at radius 1 is 0.964 bits per heavy atom. The van der Waals surface area contributed by atoms with Crippen molar-refractivity contribution in [2.45, 2.75) is 6.92 Å². The van der Waals surface area contributed by atoms with Crippen molar-refractivity contribution >= 4 is 34.0 Å². The average Bonchev–Trinajstić information content (AvgIpc) is 2.70. The lowest BCUT2D eigenvalue weighted by molar-refractivity contribution is 0.0734. The molecule has 5 nitrogen and oxygen atoms in total. The fourth-order valence-electron chi connectivity index (χ4n) is 2.46. The molecule has 140 valence electrons. The molecule has 0 fully saturated rings.